The summed E-state index contributed by atoms with van der Waals surface area (Å²) in [6, 6.07) is 8.16. The molecule has 0 saturated heterocycles. The summed E-state index contributed by atoms with van der Waals surface area (Å²) in [5, 5.41) is 0.212. The predicted octanol–water partition coefficient (Wildman–Crippen LogP) is 3.30. The first-order valence-electron chi connectivity index (χ1n) is 5.48. The third kappa shape index (κ3) is 5.21. The monoisotopic (exact) mass is 238 g/mol. The Morgan fingerprint density at radius 1 is 1.25 bits per heavy atom. The van der Waals surface area contributed by atoms with Gasteiger partial charge in [-0.3, -0.25) is 4.79 Å². The molecule has 1 aromatic carbocycles. The first-order valence-corrected chi connectivity index (χ1v) is 6.47. The molecule has 0 bridgehead atoms. The SMILES string of the molecule is COc1ccc(CCCCSC(C)=O)cc1. The van der Waals surface area contributed by atoms with Gasteiger partial charge in [0.25, 0.3) is 0 Å². The maximum Gasteiger partial charge on any atom is 0.185 e. The van der Waals surface area contributed by atoms with Gasteiger partial charge in [0.2, 0.25) is 0 Å². The van der Waals surface area contributed by atoms with E-state index in [1.807, 2.05) is 12.1 Å². The standard InChI is InChI=1S/C13H18O2S/c1-11(14)16-10-4-3-5-12-6-8-13(15-2)9-7-12/h6-9H,3-5,10H2,1-2H3. The second-order valence-corrected chi connectivity index (χ2v) is 4.92. The molecule has 0 spiro atoms. The highest BCUT2D eigenvalue weighted by molar-refractivity contribution is 8.13. The number of hydrogen-bond donors (Lipinski definition) is 0. The van der Waals surface area contributed by atoms with Crippen molar-refractivity contribution in [3.05, 3.63) is 29.8 Å². The van der Waals surface area contributed by atoms with Crippen LogP contribution in [0.5, 0.6) is 5.75 Å². The Labute approximate surface area is 101 Å². The van der Waals surface area contributed by atoms with Crippen molar-refractivity contribution in [3.63, 3.8) is 0 Å². The molecule has 0 fully saturated rings. The first kappa shape index (κ1) is 13.1. The van der Waals surface area contributed by atoms with Gasteiger partial charge in [0, 0.05) is 12.7 Å². The minimum atomic E-state index is 0.212. The summed E-state index contributed by atoms with van der Waals surface area (Å²) in [6.07, 6.45) is 3.30. The Kier molecular flexibility index (Phi) is 6.01. The van der Waals surface area contributed by atoms with Gasteiger partial charge in [-0.05, 0) is 37.0 Å². The van der Waals surface area contributed by atoms with Gasteiger partial charge in [0.15, 0.2) is 5.12 Å². The number of methoxy groups -OCH3 is 1. The van der Waals surface area contributed by atoms with E-state index in [-0.39, 0.29) is 5.12 Å². The fraction of sp³-hybridized carbons (Fsp3) is 0.462. The fourth-order valence-electron chi connectivity index (χ4n) is 1.44. The van der Waals surface area contributed by atoms with Crippen LogP contribution < -0.4 is 4.74 Å². The molecule has 0 aliphatic rings. The molecule has 0 aliphatic heterocycles. The van der Waals surface area contributed by atoms with Crippen LogP contribution in [0.1, 0.15) is 25.3 Å². The summed E-state index contributed by atoms with van der Waals surface area (Å²) in [5.41, 5.74) is 1.33. The zero-order valence-corrected chi connectivity index (χ0v) is 10.7. The highest BCUT2D eigenvalue weighted by Gasteiger charge is 1.97. The van der Waals surface area contributed by atoms with Gasteiger partial charge in [0.1, 0.15) is 5.75 Å². The lowest BCUT2D eigenvalue weighted by molar-refractivity contribution is -0.109. The van der Waals surface area contributed by atoms with Gasteiger partial charge in [-0.25, -0.2) is 0 Å². The molecular formula is C13H18O2S. The van der Waals surface area contributed by atoms with Crippen LogP contribution in [0.2, 0.25) is 0 Å². The summed E-state index contributed by atoms with van der Waals surface area (Å²) >= 11 is 1.41. The highest BCUT2D eigenvalue weighted by atomic mass is 32.2. The van der Waals surface area contributed by atoms with E-state index < -0.39 is 0 Å². The van der Waals surface area contributed by atoms with E-state index in [1.165, 1.54) is 17.3 Å². The quantitative estimate of drug-likeness (QED) is 0.711. The average molecular weight is 238 g/mol. The van der Waals surface area contributed by atoms with Gasteiger partial charge in [-0.2, -0.15) is 0 Å². The maximum atomic E-state index is 10.7. The average Bonchev–Trinajstić information content (AvgIpc) is 2.29. The molecular weight excluding hydrogens is 220 g/mol. The summed E-state index contributed by atoms with van der Waals surface area (Å²) in [5.74, 6) is 1.83. The second-order valence-electron chi connectivity index (χ2n) is 3.65. The van der Waals surface area contributed by atoms with Gasteiger partial charge in [-0.15, -0.1) is 0 Å². The van der Waals surface area contributed by atoms with Crippen molar-refractivity contribution < 1.29 is 9.53 Å². The molecule has 0 unspecified atom stereocenters. The van der Waals surface area contributed by atoms with Crippen molar-refractivity contribution in [1.29, 1.82) is 0 Å². The van der Waals surface area contributed by atoms with Crippen LogP contribution in [0.4, 0.5) is 0 Å². The second kappa shape index (κ2) is 7.34. The molecule has 0 amide bonds. The first-order chi connectivity index (χ1) is 7.72. The van der Waals surface area contributed by atoms with Gasteiger partial charge < -0.3 is 4.74 Å². The van der Waals surface area contributed by atoms with Crippen molar-refractivity contribution in [3.8, 4) is 5.75 Å². The number of hydrogen-bond acceptors (Lipinski definition) is 3. The Hall–Kier alpha value is -0.960. The number of aryl methyl sites for hydroxylation is 1. The van der Waals surface area contributed by atoms with E-state index in [1.54, 1.807) is 14.0 Å². The van der Waals surface area contributed by atoms with E-state index in [0.717, 1.165) is 30.8 Å². The Morgan fingerprint density at radius 3 is 2.50 bits per heavy atom. The van der Waals surface area contributed by atoms with Crippen molar-refractivity contribution >= 4 is 16.9 Å². The Balaban J connectivity index is 2.19. The van der Waals surface area contributed by atoms with E-state index in [4.69, 9.17) is 4.74 Å². The highest BCUT2D eigenvalue weighted by Crippen LogP contribution is 2.14. The van der Waals surface area contributed by atoms with Crippen LogP contribution in [0.3, 0.4) is 0 Å². The van der Waals surface area contributed by atoms with Crippen LogP contribution in [-0.2, 0) is 11.2 Å². The van der Waals surface area contributed by atoms with E-state index in [0.29, 0.717) is 0 Å². The van der Waals surface area contributed by atoms with Gasteiger partial charge >= 0.3 is 0 Å². The molecule has 3 heteroatoms. The minimum Gasteiger partial charge on any atom is -0.497 e. The third-order valence-electron chi connectivity index (χ3n) is 2.32. The molecule has 2 nitrogen and oxygen atoms in total. The van der Waals surface area contributed by atoms with Crippen LogP contribution >= 0.6 is 11.8 Å². The molecule has 0 heterocycles. The molecule has 0 radical (unpaired) electrons. The topological polar surface area (TPSA) is 26.3 Å². The lowest BCUT2D eigenvalue weighted by Crippen LogP contribution is -1.90. The lowest BCUT2D eigenvalue weighted by atomic mass is 10.1. The molecule has 0 aromatic heterocycles. The number of carbonyl (C=O) groups is 1. The van der Waals surface area contributed by atoms with Crippen LogP contribution in [0, 0.1) is 0 Å². The molecule has 1 aromatic rings. The third-order valence-corrected chi connectivity index (χ3v) is 3.22. The fourth-order valence-corrected chi connectivity index (χ4v) is 2.08. The maximum absolute atomic E-state index is 10.7. The van der Waals surface area contributed by atoms with Crippen molar-refractivity contribution in [2.24, 2.45) is 0 Å². The van der Waals surface area contributed by atoms with Crippen LogP contribution in [-0.4, -0.2) is 18.0 Å². The number of rotatable bonds is 6. The number of thioether (sulfide) groups is 1. The van der Waals surface area contributed by atoms with Crippen LogP contribution in [0.15, 0.2) is 24.3 Å². The Morgan fingerprint density at radius 2 is 1.94 bits per heavy atom. The van der Waals surface area contributed by atoms with Gasteiger partial charge in [-0.1, -0.05) is 23.9 Å². The molecule has 88 valence electrons. The van der Waals surface area contributed by atoms with Crippen molar-refractivity contribution in [2.45, 2.75) is 26.2 Å². The minimum absolute atomic E-state index is 0.212. The normalized spacial score (nSPS) is 10.1. The smallest absolute Gasteiger partial charge is 0.185 e. The number of benzene rings is 1. The number of carbonyl (C=O) groups excluding carboxylic acids is 1. The molecule has 0 aliphatic carbocycles. The number of ether oxygens (including phenoxy) is 1. The molecule has 0 atom stereocenters. The largest absolute Gasteiger partial charge is 0.497 e. The summed E-state index contributed by atoms with van der Waals surface area (Å²) in [7, 11) is 1.67. The molecule has 0 N–H and O–H groups in total. The predicted molar refractivity (Wildman–Crippen MR) is 69.1 cm³/mol. The molecule has 16 heavy (non-hydrogen) atoms. The summed E-state index contributed by atoms with van der Waals surface area (Å²) in [4.78, 5) is 10.7. The molecule has 0 saturated carbocycles. The summed E-state index contributed by atoms with van der Waals surface area (Å²) < 4.78 is 5.10. The van der Waals surface area contributed by atoms with Crippen molar-refractivity contribution in [2.75, 3.05) is 12.9 Å². The molecule has 1 rings (SSSR count). The van der Waals surface area contributed by atoms with Crippen LogP contribution in [0.25, 0.3) is 0 Å². The van der Waals surface area contributed by atoms with E-state index in [9.17, 15) is 4.79 Å². The summed E-state index contributed by atoms with van der Waals surface area (Å²) in [6.45, 7) is 1.62. The van der Waals surface area contributed by atoms with Crippen molar-refractivity contribution in [1.82, 2.24) is 0 Å². The lowest BCUT2D eigenvalue weighted by Gasteiger charge is -2.03. The van der Waals surface area contributed by atoms with E-state index in [2.05, 4.69) is 12.1 Å². The number of unbranched alkanes of at least 4 members (excludes halogenated alkanes) is 1. The Bertz CT molecular complexity index is 319. The van der Waals surface area contributed by atoms with Gasteiger partial charge in [0.05, 0.1) is 7.11 Å². The zero-order chi connectivity index (χ0) is 11.8. The van der Waals surface area contributed by atoms with E-state index >= 15 is 0 Å². The zero-order valence-electron chi connectivity index (χ0n) is 9.86.